The number of rotatable bonds is 4. The van der Waals surface area contributed by atoms with Gasteiger partial charge in [-0.05, 0) is 55.3 Å². The summed E-state index contributed by atoms with van der Waals surface area (Å²) in [7, 11) is 0. The summed E-state index contributed by atoms with van der Waals surface area (Å²) in [5.41, 5.74) is 4.53. The van der Waals surface area contributed by atoms with Gasteiger partial charge in [-0.15, -0.1) is 0 Å². The zero-order valence-electron chi connectivity index (χ0n) is 15.7. The van der Waals surface area contributed by atoms with Crippen LogP contribution in [0.5, 0.6) is 11.5 Å². The summed E-state index contributed by atoms with van der Waals surface area (Å²) in [6.45, 7) is 4.42. The van der Waals surface area contributed by atoms with E-state index in [1.54, 1.807) is 24.3 Å². The van der Waals surface area contributed by atoms with Crippen molar-refractivity contribution in [3.05, 3.63) is 99.3 Å². The molecule has 28 heavy (non-hydrogen) atoms. The fraction of sp³-hybridized carbons (Fsp3) is 0.125. The van der Waals surface area contributed by atoms with E-state index in [1.165, 1.54) is 5.56 Å². The molecule has 0 saturated heterocycles. The molecule has 140 valence electrons. The van der Waals surface area contributed by atoms with Crippen molar-refractivity contribution in [1.29, 1.82) is 0 Å². The molecule has 1 aliphatic rings. The fourth-order valence-corrected chi connectivity index (χ4v) is 3.21. The molecule has 4 rings (SSSR count). The van der Waals surface area contributed by atoms with Gasteiger partial charge in [0, 0.05) is 10.6 Å². The lowest BCUT2D eigenvalue weighted by Gasteiger charge is -2.11. The highest BCUT2D eigenvalue weighted by molar-refractivity contribution is 6.30. The Kier molecular flexibility index (Phi) is 4.93. The average Bonchev–Trinajstić information content (AvgIpc) is 3.01. The van der Waals surface area contributed by atoms with Gasteiger partial charge >= 0.3 is 0 Å². The summed E-state index contributed by atoms with van der Waals surface area (Å²) in [5, 5.41) is 0.648. The zero-order chi connectivity index (χ0) is 19.7. The molecule has 0 aromatic heterocycles. The van der Waals surface area contributed by atoms with Crippen LogP contribution < -0.4 is 9.47 Å². The molecule has 0 N–H and O–H groups in total. The molecule has 3 aromatic rings. The Balaban J connectivity index is 1.56. The molecule has 0 aliphatic carbocycles. The Morgan fingerprint density at radius 3 is 2.39 bits per heavy atom. The van der Waals surface area contributed by atoms with E-state index < -0.39 is 0 Å². The molecule has 1 aliphatic heterocycles. The maximum absolute atomic E-state index is 12.7. The maximum atomic E-state index is 12.7. The molecule has 1 heterocycles. The van der Waals surface area contributed by atoms with Gasteiger partial charge in [0.25, 0.3) is 0 Å². The van der Waals surface area contributed by atoms with Gasteiger partial charge in [-0.1, -0.05) is 53.6 Å². The van der Waals surface area contributed by atoms with Gasteiger partial charge in [0.1, 0.15) is 18.1 Å². The summed E-state index contributed by atoms with van der Waals surface area (Å²) < 4.78 is 11.9. The molecule has 0 fully saturated rings. The molecule has 3 aromatic carbocycles. The van der Waals surface area contributed by atoms with Crippen LogP contribution in [0.3, 0.4) is 0 Å². The van der Waals surface area contributed by atoms with Crippen LogP contribution in [0.25, 0.3) is 6.08 Å². The van der Waals surface area contributed by atoms with E-state index in [0.717, 1.165) is 16.7 Å². The predicted octanol–water partition coefficient (Wildman–Crippen LogP) is 6.15. The number of allylic oxidation sites excluding steroid dienone is 1. The lowest BCUT2D eigenvalue weighted by atomic mass is 10.1. The largest absolute Gasteiger partial charge is 0.488 e. The highest BCUT2D eigenvalue weighted by Gasteiger charge is 2.30. The highest BCUT2D eigenvalue weighted by Crippen LogP contribution is 2.39. The number of carbonyl (C=O) groups is 1. The van der Waals surface area contributed by atoms with Crippen molar-refractivity contribution >= 4 is 23.5 Å². The van der Waals surface area contributed by atoms with Crippen LogP contribution in [0.2, 0.25) is 5.02 Å². The first kappa shape index (κ1) is 18.3. The van der Waals surface area contributed by atoms with Gasteiger partial charge < -0.3 is 9.47 Å². The number of Topliss-reactive ketones (excluding diaryl/α,β-unsaturated/α-hetero) is 1. The van der Waals surface area contributed by atoms with Crippen molar-refractivity contribution in [2.75, 3.05) is 0 Å². The monoisotopic (exact) mass is 390 g/mol. The van der Waals surface area contributed by atoms with Crippen LogP contribution in [-0.4, -0.2) is 5.78 Å². The summed E-state index contributed by atoms with van der Waals surface area (Å²) in [5.74, 6) is 1.45. The fourth-order valence-electron chi connectivity index (χ4n) is 3.08. The zero-order valence-corrected chi connectivity index (χ0v) is 16.4. The molecule has 4 heteroatoms. The van der Waals surface area contributed by atoms with E-state index in [0.29, 0.717) is 34.5 Å². The molecule has 0 saturated carbocycles. The molecule has 0 unspecified atom stereocenters. The Labute approximate surface area is 169 Å². The second kappa shape index (κ2) is 7.53. The smallest absolute Gasteiger partial charge is 0.231 e. The van der Waals surface area contributed by atoms with Crippen LogP contribution >= 0.6 is 11.6 Å². The second-order valence-corrected chi connectivity index (χ2v) is 7.27. The third-order valence-corrected chi connectivity index (χ3v) is 4.97. The van der Waals surface area contributed by atoms with Crippen molar-refractivity contribution in [1.82, 2.24) is 0 Å². The van der Waals surface area contributed by atoms with E-state index in [-0.39, 0.29) is 5.78 Å². The summed E-state index contributed by atoms with van der Waals surface area (Å²) in [4.78, 5) is 12.7. The van der Waals surface area contributed by atoms with Crippen LogP contribution in [0.4, 0.5) is 0 Å². The van der Waals surface area contributed by atoms with Gasteiger partial charge in [-0.2, -0.15) is 0 Å². The number of ether oxygens (including phenoxy) is 2. The minimum Gasteiger partial charge on any atom is -0.488 e. The van der Waals surface area contributed by atoms with E-state index in [1.807, 2.05) is 37.3 Å². The first-order chi connectivity index (χ1) is 13.5. The molecule has 3 nitrogen and oxygen atoms in total. The van der Waals surface area contributed by atoms with Crippen molar-refractivity contribution < 1.29 is 14.3 Å². The van der Waals surface area contributed by atoms with Crippen LogP contribution in [-0.2, 0) is 6.61 Å². The number of benzene rings is 3. The van der Waals surface area contributed by atoms with Crippen LogP contribution in [0, 0.1) is 13.8 Å². The Bertz CT molecular complexity index is 1060. The molecular weight excluding hydrogens is 372 g/mol. The number of hydrogen-bond donors (Lipinski definition) is 0. The molecule has 0 bridgehead atoms. The molecule has 0 spiro atoms. The number of hydrogen-bond acceptors (Lipinski definition) is 3. The summed E-state index contributed by atoms with van der Waals surface area (Å²) >= 11 is 5.92. The number of ketones is 1. The third-order valence-electron chi connectivity index (χ3n) is 4.72. The van der Waals surface area contributed by atoms with E-state index in [4.69, 9.17) is 21.1 Å². The van der Waals surface area contributed by atoms with Crippen molar-refractivity contribution in [2.24, 2.45) is 0 Å². The number of aryl methyl sites for hydroxylation is 1. The first-order valence-corrected chi connectivity index (χ1v) is 9.41. The van der Waals surface area contributed by atoms with E-state index in [2.05, 4.69) is 19.1 Å². The lowest BCUT2D eigenvalue weighted by Crippen LogP contribution is -1.98. The van der Waals surface area contributed by atoms with Crippen molar-refractivity contribution in [2.45, 2.75) is 20.5 Å². The second-order valence-electron chi connectivity index (χ2n) is 6.83. The minimum absolute atomic E-state index is 0.127. The number of carbonyl (C=O) groups excluding carboxylic acids is 1. The number of fused-ring (bicyclic) bond motifs is 1. The van der Waals surface area contributed by atoms with E-state index in [9.17, 15) is 4.79 Å². The standard InChI is InChI=1S/C24H19ClO3/c1-15-3-5-18(6-4-15)14-27-21-12-11-20-23(26)22(28-24(20)16(21)2)13-17-7-9-19(25)10-8-17/h3-13H,14H2,1-2H3/b22-13-. The third kappa shape index (κ3) is 3.67. The van der Waals surface area contributed by atoms with Crippen LogP contribution in [0.1, 0.15) is 32.6 Å². The first-order valence-electron chi connectivity index (χ1n) is 9.03. The van der Waals surface area contributed by atoms with Gasteiger partial charge in [0.05, 0.1) is 5.56 Å². The van der Waals surface area contributed by atoms with Gasteiger partial charge in [0.15, 0.2) is 5.76 Å². The molecular formula is C24H19ClO3. The molecule has 0 amide bonds. The van der Waals surface area contributed by atoms with Gasteiger partial charge in [-0.25, -0.2) is 0 Å². The summed E-state index contributed by atoms with van der Waals surface area (Å²) in [6.07, 6.45) is 1.73. The van der Waals surface area contributed by atoms with Crippen LogP contribution in [0.15, 0.2) is 66.4 Å². The van der Waals surface area contributed by atoms with E-state index >= 15 is 0 Å². The van der Waals surface area contributed by atoms with Crippen molar-refractivity contribution in [3.8, 4) is 11.5 Å². The molecule has 0 radical (unpaired) electrons. The summed E-state index contributed by atoms with van der Waals surface area (Å²) in [6, 6.07) is 19.1. The van der Waals surface area contributed by atoms with Gasteiger partial charge in [0.2, 0.25) is 5.78 Å². The Morgan fingerprint density at radius 2 is 1.68 bits per heavy atom. The normalized spacial score (nSPS) is 14.1. The topological polar surface area (TPSA) is 35.5 Å². The highest BCUT2D eigenvalue weighted by atomic mass is 35.5. The van der Waals surface area contributed by atoms with Crippen molar-refractivity contribution in [3.63, 3.8) is 0 Å². The SMILES string of the molecule is Cc1ccc(COc2ccc3c(c2C)O/C(=C\c2ccc(Cl)cc2)C3=O)cc1. The quantitative estimate of drug-likeness (QED) is 0.501. The lowest BCUT2D eigenvalue weighted by molar-refractivity contribution is 0.101. The average molecular weight is 391 g/mol. The van der Waals surface area contributed by atoms with Gasteiger partial charge in [-0.3, -0.25) is 4.79 Å². The predicted molar refractivity (Wildman–Crippen MR) is 111 cm³/mol. The Hall–Kier alpha value is -3.04. The maximum Gasteiger partial charge on any atom is 0.231 e. The number of halogens is 1. The minimum atomic E-state index is -0.127. The molecule has 0 atom stereocenters. The Morgan fingerprint density at radius 1 is 0.964 bits per heavy atom.